The molecule has 0 radical (unpaired) electrons. The summed E-state index contributed by atoms with van der Waals surface area (Å²) < 4.78 is 5.27. The van der Waals surface area contributed by atoms with Crippen molar-refractivity contribution in [3.8, 4) is 0 Å². The SMILES string of the molecule is CCCCCCCOC(=O)CCC(=O)N(CCCCCC)CCCCCC. The predicted octanol–water partition coefficient (Wildman–Crippen LogP) is 6.27. The van der Waals surface area contributed by atoms with Crippen molar-refractivity contribution < 1.29 is 14.3 Å². The molecule has 0 rings (SSSR count). The average molecular weight is 384 g/mol. The summed E-state index contributed by atoms with van der Waals surface area (Å²) in [6.07, 6.45) is 15.6. The molecule has 4 heteroatoms. The van der Waals surface area contributed by atoms with Gasteiger partial charge in [0.2, 0.25) is 5.91 Å². The van der Waals surface area contributed by atoms with Gasteiger partial charge in [-0.05, 0) is 19.3 Å². The highest BCUT2D eigenvalue weighted by atomic mass is 16.5. The lowest BCUT2D eigenvalue weighted by Gasteiger charge is -2.23. The lowest BCUT2D eigenvalue weighted by molar-refractivity contribution is -0.146. The molecule has 0 fully saturated rings. The number of hydrogen-bond donors (Lipinski definition) is 0. The van der Waals surface area contributed by atoms with Gasteiger partial charge in [0.05, 0.1) is 13.0 Å². The van der Waals surface area contributed by atoms with Gasteiger partial charge >= 0.3 is 5.97 Å². The number of carbonyl (C=O) groups is 2. The summed E-state index contributed by atoms with van der Waals surface area (Å²) in [6, 6.07) is 0. The number of esters is 1. The van der Waals surface area contributed by atoms with Crippen LogP contribution in [0.4, 0.5) is 0 Å². The van der Waals surface area contributed by atoms with E-state index in [-0.39, 0.29) is 24.7 Å². The van der Waals surface area contributed by atoms with E-state index >= 15 is 0 Å². The van der Waals surface area contributed by atoms with Gasteiger partial charge < -0.3 is 9.64 Å². The summed E-state index contributed by atoms with van der Waals surface area (Å²) >= 11 is 0. The fourth-order valence-electron chi connectivity index (χ4n) is 3.15. The van der Waals surface area contributed by atoms with Gasteiger partial charge in [-0.2, -0.15) is 0 Å². The van der Waals surface area contributed by atoms with Crippen LogP contribution in [-0.2, 0) is 14.3 Å². The normalized spacial score (nSPS) is 10.8. The molecule has 4 nitrogen and oxygen atoms in total. The zero-order valence-corrected chi connectivity index (χ0v) is 18.4. The van der Waals surface area contributed by atoms with Gasteiger partial charge in [-0.15, -0.1) is 0 Å². The first-order chi connectivity index (χ1) is 13.2. The van der Waals surface area contributed by atoms with Crippen LogP contribution in [0.25, 0.3) is 0 Å². The van der Waals surface area contributed by atoms with Crippen LogP contribution >= 0.6 is 0 Å². The van der Waals surface area contributed by atoms with Crippen LogP contribution in [0.1, 0.15) is 117 Å². The van der Waals surface area contributed by atoms with Gasteiger partial charge in [0.25, 0.3) is 0 Å². The van der Waals surface area contributed by atoms with Crippen LogP contribution in [0, 0.1) is 0 Å². The Kier molecular flexibility index (Phi) is 18.9. The van der Waals surface area contributed by atoms with Crippen molar-refractivity contribution in [1.82, 2.24) is 4.90 Å². The molecule has 0 aliphatic carbocycles. The molecule has 0 spiro atoms. The maximum Gasteiger partial charge on any atom is 0.306 e. The molecule has 0 saturated carbocycles. The third kappa shape index (κ3) is 16.8. The summed E-state index contributed by atoms with van der Waals surface area (Å²) in [7, 11) is 0. The summed E-state index contributed by atoms with van der Waals surface area (Å²) in [6.45, 7) is 8.74. The van der Waals surface area contributed by atoms with Crippen LogP contribution in [-0.4, -0.2) is 36.5 Å². The molecule has 27 heavy (non-hydrogen) atoms. The van der Waals surface area contributed by atoms with Crippen LogP contribution in [0.15, 0.2) is 0 Å². The minimum absolute atomic E-state index is 0.114. The predicted molar refractivity (Wildman–Crippen MR) is 114 cm³/mol. The first kappa shape index (κ1) is 25.9. The van der Waals surface area contributed by atoms with Crippen LogP contribution in [0.2, 0.25) is 0 Å². The molecule has 0 saturated heterocycles. The van der Waals surface area contributed by atoms with E-state index in [0.29, 0.717) is 6.61 Å². The molecule has 0 aliphatic rings. The Morgan fingerprint density at radius 3 is 1.63 bits per heavy atom. The van der Waals surface area contributed by atoms with E-state index < -0.39 is 0 Å². The molecule has 0 N–H and O–H groups in total. The van der Waals surface area contributed by atoms with Gasteiger partial charge in [-0.25, -0.2) is 0 Å². The minimum atomic E-state index is -0.226. The molecule has 0 aromatic heterocycles. The van der Waals surface area contributed by atoms with E-state index in [9.17, 15) is 9.59 Å². The van der Waals surface area contributed by atoms with E-state index in [1.165, 1.54) is 57.8 Å². The van der Waals surface area contributed by atoms with Crippen LogP contribution < -0.4 is 0 Å². The summed E-state index contributed by atoms with van der Waals surface area (Å²) in [5.74, 6) is -0.112. The molecule has 0 bridgehead atoms. The number of carbonyl (C=O) groups excluding carboxylic acids is 2. The standard InChI is InChI=1S/C23H45NO3/c1-4-7-10-13-16-21-27-23(26)18-17-22(25)24(19-14-11-8-5-2)20-15-12-9-6-3/h4-21H2,1-3H3. The smallest absolute Gasteiger partial charge is 0.306 e. The zero-order valence-electron chi connectivity index (χ0n) is 18.4. The van der Waals surface area contributed by atoms with E-state index in [2.05, 4.69) is 20.8 Å². The third-order valence-electron chi connectivity index (χ3n) is 4.97. The highest BCUT2D eigenvalue weighted by Gasteiger charge is 2.15. The van der Waals surface area contributed by atoms with Crippen molar-refractivity contribution in [2.75, 3.05) is 19.7 Å². The molecule has 0 atom stereocenters. The summed E-state index contributed by atoms with van der Waals surface area (Å²) in [5.41, 5.74) is 0. The first-order valence-electron chi connectivity index (χ1n) is 11.6. The van der Waals surface area contributed by atoms with E-state index in [0.717, 1.165) is 38.8 Å². The first-order valence-corrected chi connectivity index (χ1v) is 11.6. The Morgan fingerprint density at radius 1 is 0.630 bits per heavy atom. The number of unbranched alkanes of at least 4 members (excludes halogenated alkanes) is 10. The zero-order chi connectivity index (χ0) is 20.2. The molecule has 0 aromatic rings. The Balaban J connectivity index is 4.06. The van der Waals surface area contributed by atoms with Gasteiger partial charge in [0, 0.05) is 19.5 Å². The van der Waals surface area contributed by atoms with E-state index in [4.69, 9.17) is 4.74 Å². The molecule has 0 aliphatic heterocycles. The average Bonchev–Trinajstić information content (AvgIpc) is 2.67. The quantitative estimate of drug-likeness (QED) is 0.195. The monoisotopic (exact) mass is 383 g/mol. The number of rotatable bonds is 19. The molecular formula is C23H45NO3. The number of nitrogens with zero attached hydrogens (tertiary/aromatic N) is 1. The van der Waals surface area contributed by atoms with Gasteiger partial charge in [0.1, 0.15) is 0 Å². The Labute approximate surface area is 168 Å². The van der Waals surface area contributed by atoms with Crippen molar-refractivity contribution >= 4 is 11.9 Å². The number of hydrogen-bond acceptors (Lipinski definition) is 3. The third-order valence-corrected chi connectivity index (χ3v) is 4.97. The molecule has 0 unspecified atom stereocenters. The van der Waals surface area contributed by atoms with Crippen LogP contribution in [0.3, 0.4) is 0 Å². The topological polar surface area (TPSA) is 46.6 Å². The minimum Gasteiger partial charge on any atom is -0.466 e. The largest absolute Gasteiger partial charge is 0.466 e. The second-order valence-electron chi connectivity index (χ2n) is 7.64. The lowest BCUT2D eigenvalue weighted by Crippen LogP contribution is -2.33. The van der Waals surface area contributed by atoms with Gasteiger partial charge in [0.15, 0.2) is 0 Å². The second kappa shape index (κ2) is 19.7. The molecular weight excluding hydrogens is 338 g/mol. The fraction of sp³-hybridized carbons (Fsp3) is 0.913. The van der Waals surface area contributed by atoms with Crippen molar-refractivity contribution in [3.63, 3.8) is 0 Å². The Hall–Kier alpha value is -1.06. The molecule has 0 aromatic carbocycles. The Morgan fingerprint density at radius 2 is 1.11 bits per heavy atom. The summed E-state index contributed by atoms with van der Waals surface area (Å²) in [4.78, 5) is 26.4. The second-order valence-corrected chi connectivity index (χ2v) is 7.64. The maximum atomic E-state index is 12.5. The van der Waals surface area contributed by atoms with Gasteiger partial charge in [-0.3, -0.25) is 9.59 Å². The molecule has 1 amide bonds. The van der Waals surface area contributed by atoms with Gasteiger partial charge in [-0.1, -0.05) is 85.0 Å². The van der Waals surface area contributed by atoms with E-state index in [1.807, 2.05) is 4.90 Å². The number of ether oxygens (including phenoxy) is 1. The summed E-state index contributed by atoms with van der Waals surface area (Å²) in [5, 5.41) is 0. The van der Waals surface area contributed by atoms with Crippen molar-refractivity contribution in [2.45, 2.75) is 117 Å². The fourth-order valence-corrected chi connectivity index (χ4v) is 3.15. The van der Waals surface area contributed by atoms with E-state index in [1.54, 1.807) is 0 Å². The number of amides is 1. The van der Waals surface area contributed by atoms with Crippen LogP contribution in [0.5, 0.6) is 0 Å². The lowest BCUT2D eigenvalue weighted by atomic mass is 10.1. The maximum absolute atomic E-state index is 12.5. The molecule has 160 valence electrons. The highest BCUT2D eigenvalue weighted by molar-refractivity contribution is 5.81. The van der Waals surface area contributed by atoms with Crippen molar-refractivity contribution in [2.24, 2.45) is 0 Å². The van der Waals surface area contributed by atoms with Crippen molar-refractivity contribution in [3.05, 3.63) is 0 Å². The highest BCUT2D eigenvalue weighted by Crippen LogP contribution is 2.09. The Bertz CT molecular complexity index is 346. The van der Waals surface area contributed by atoms with Crippen molar-refractivity contribution in [1.29, 1.82) is 0 Å². The molecule has 0 heterocycles.